The fourth-order valence-electron chi connectivity index (χ4n) is 2.54. The number of aryl methyl sites for hydroxylation is 1. The molecule has 1 N–H and O–H groups in total. The van der Waals surface area contributed by atoms with E-state index < -0.39 is 4.92 Å². The second kappa shape index (κ2) is 6.32. The van der Waals surface area contributed by atoms with Gasteiger partial charge in [0.1, 0.15) is 0 Å². The summed E-state index contributed by atoms with van der Waals surface area (Å²) in [6, 6.07) is 1.40. The molecule has 1 aliphatic heterocycles. The van der Waals surface area contributed by atoms with E-state index in [9.17, 15) is 14.9 Å². The van der Waals surface area contributed by atoms with E-state index in [2.05, 4.69) is 5.32 Å². The smallest absolute Gasteiger partial charge is 0.283 e. The Kier molecular flexibility index (Phi) is 4.72. The number of piperidine rings is 1. The van der Waals surface area contributed by atoms with Crippen molar-refractivity contribution in [3.63, 3.8) is 0 Å². The van der Waals surface area contributed by atoms with Crippen molar-refractivity contribution in [2.45, 2.75) is 19.8 Å². The number of nitro groups is 1. The summed E-state index contributed by atoms with van der Waals surface area (Å²) < 4.78 is 0. The van der Waals surface area contributed by atoms with Crippen LogP contribution in [0.5, 0.6) is 0 Å². The molecule has 1 aromatic heterocycles. The topological polar surface area (TPSA) is 75.5 Å². The maximum Gasteiger partial charge on any atom is 0.283 e. The quantitative estimate of drug-likeness (QED) is 0.681. The van der Waals surface area contributed by atoms with Crippen LogP contribution in [0.25, 0.3) is 0 Å². The van der Waals surface area contributed by atoms with Crippen LogP contribution in [0.2, 0.25) is 0 Å². The van der Waals surface area contributed by atoms with Gasteiger partial charge >= 0.3 is 0 Å². The highest BCUT2D eigenvalue weighted by atomic mass is 32.1. The van der Waals surface area contributed by atoms with Crippen molar-refractivity contribution in [3.8, 4) is 0 Å². The lowest BCUT2D eigenvalue weighted by molar-refractivity contribution is -0.385. The zero-order chi connectivity index (χ0) is 14.7. The van der Waals surface area contributed by atoms with Crippen LogP contribution in [0.4, 0.5) is 5.69 Å². The molecule has 1 aliphatic rings. The summed E-state index contributed by atoms with van der Waals surface area (Å²) in [7, 11) is 1.94. The number of nitrogens with zero attached hydrogens (tertiary/aromatic N) is 2. The number of carbonyl (C=O) groups excluding carboxylic acids is 1. The fourth-order valence-corrected chi connectivity index (χ4v) is 3.50. The molecule has 0 aliphatic carbocycles. The predicted molar refractivity (Wildman–Crippen MR) is 78.3 cm³/mol. The Labute approximate surface area is 121 Å². The molecule has 0 aromatic carbocycles. The molecule has 1 fully saturated rings. The normalized spacial score (nSPS) is 16.4. The summed E-state index contributed by atoms with van der Waals surface area (Å²) in [5.41, 5.74) is 0.0448. The summed E-state index contributed by atoms with van der Waals surface area (Å²) in [6.45, 7) is 4.12. The Morgan fingerprint density at radius 1 is 1.55 bits per heavy atom. The van der Waals surface area contributed by atoms with Crippen LogP contribution in [-0.2, 0) is 0 Å². The van der Waals surface area contributed by atoms with Crippen LogP contribution in [0.1, 0.15) is 27.4 Å². The first kappa shape index (κ1) is 14.9. The van der Waals surface area contributed by atoms with Crippen molar-refractivity contribution in [1.29, 1.82) is 0 Å². The molecule has 1 saturated heterocycles. The maximum atomic E-state index is 12.4. The molecule has 2 heterocycles. The molecule has 0 unspecified atom stereocenters. The summed E-state index contributed by atoms with van der Waals surface area (Å²) in [5.74, 6) is 0.539. The number of hydrogen-bond donors (Lipinski definition) is 1. The van der Waals surface area contributed by atoms with Crippen molar-refractivity contribution < 1.29 is 9.72 Å². The third-order valence-corrected chi connectivity index (χ3v) is 4.72. The summed E-state index contributed by atoms with van der Waals surface area (Å²) >= 11 is 1.21. The Bertz CT molecular complexity index is 507. The number of rotatable bonds is 4. The van der Waals surface area contributed by atoms with Gasteiger partial charge in [-0.15, -0.1) is 11.3 Å². The Morgan fingerprint density at radius 3 is 2.70 bits per heavy atom. The number of nitrogens with one attached hydrogen (secondary N) is 1. The molecule has 7 heteroatoms. The third kappa shape index (κ3) is 3.16. The third-order valence-electron chi connectivity index (χ3n) is 3.69. The van der Waals surface area contributed by atoms with Gasteiger partial charge in [0.05, 0.1) is 14.7 Å². The van der Waals surface area contributed by atoms with E-state index in [1.807, 2.05) is 7.05 Å². The summed E-state index contributed by atoms with van der Waals surface area (Å²) in [4.78, 5) is 25.6. The van der Waals surface area contributed by atoms with Gasteiger partial charge in [-0.1, -0.05) is 0 Å². The van der Waals surface area contributed by atoms with E-state index in [4.69, 9.17) is 0 Å². The molecule has 0 bridgehead atoms. The zero-order valence-corrected chi connectivity index (χ0v) is 12.5. The van der Waals surface area contributed by atoms with Gasteiger partial charge in [-0.05, 0) is 39.3 Å². The average molecular weight is 297 g/mol. The zero-order valence-electron chi connectivity index (χ0n) is 11.7. The van der Waals surface area contributed by atoms with E-state index in [1.54, 1.807) is 11.8 Å². The molecule has 20 heavy (non-hydrogen) atoms. The minimum Gasteiger partial charge on any atom is -0.338 e. The Hall–Kier alpha value is -1.47. The van der Waals surface area contributed by atoms with Crippen molar-refractivity contribution in [1.82, 2.24) is 10.2 Å². The summed E-state index contributed by atoms with van der Waals surface area (Å²) in [5, 5.41) is 14.0. The second-order valence-corrected chi connectivity index (χ2v) is 6.36. The van der Waals surface area contributed by atoms with Gasteiger partial charge in [-0.3, -0.25) is 14.9 Å². The number of thiophene rings is 1. The van der Waals surface area contributed by atoms with Crippen LogP contribution < -0.4 is 5.32 Å². The largest absolute Gasteiger partial charge is 0.338 e. The fraction of sp³-hybridized carbons (Fsp3) is 0.615. The van der Waals surface area contributed by atoms with Crippen molar-refractivity contribution in [2.75, 3.05) is 26.7 Å². The van der Waals surface area contributed by atoms with Gasteiger partial charge in [0, 0.05) is 19.2 Å². The first-order chi connectivity index (χ1) is 9.52. The lowest BCUT2D eigenvalue weighted by Gasteiger charge is -2.31. The van der Waals surface area contributed by atoms with Gasteiger partial charge in [-0.2, -0.15) is 0 Å². The lowest BCUT2D eigenvalue weighted by atomic mass is 9.97. The van der Waals surface area contributed by atoms with Crippen molar-refractivity contribution in [3.05, 3.63) is 25.9 Å². The molecular formula is C13H19N3O3S. The summed E-state index contributed by atoms with van der Waals surface area (Å²) in [6.07, 6.45) is 1.97. The Balaban J connectivity index is 2.02. The van der Waals surface area contributed by atoms with Crippen molar-refractivity contribution in [2.24, 2.45) is 5.92 Å². The van der Waals surface area contributed by atoms with E-state index in [1.165, 1.54) is 17.4 Å². The molecule has 6 nitrogen and oxygen atoms in total. The minimum atomic E-state index is -0.429. The van der Waals surface area contributed by atoms with E-state index in [-0.39, 0.29) is 11.6 Å². The lowest BCUT2D eigenvalue weighted by Crippen LogP contribution is -2.40. The Morgan fingerprint density at radius 2 is 2.20 bits per heavy atom. The van der Waals surface area contributed by atoms with Crippen LogP contribution in [0.15, 0.2) is 6.07 Å². The highest BCUT2D eigenvalue weighted by Crippen LogP contribution is 2.29. The highest BCUT2D eigenvalue weighted by Gasteiger charge is 2.26. The van der Waals surface area contributed by atoms with Crippen LogP contribution >= 0.6 is 11.3 Å². The van der Waals surface area contributed by atoms with Crippen LogP contribution in [0.3, 0.4) is 0 Å². The molecule has 0 spiro atoms. The number of hydrogen-bond acceptors (Lipinski definition) is 5. The molecule has 1 aromatic rings. The van der Waals surface area contributed by atoms with Crippen LogP contribution in [-0.4, -0.2) is 42.4 Å². The second-order valence-electron chi connectivity index (χ2n) is 5.10. The van der Waals surface area contributed by atoms with Gasteiger partial charge in [-0.25, -0.2) is 0 Å². The first-order valence-corrected chi connectivity index (χ1v) is 7.53. The predicted octanol–water partition coefficient (Wildman–Crippen LogP) is 2.04. The van der Waals surface area contributed by atoms with Crippen LogP contribution in [0, 0.1) is 23.0 Å². The van der Waals surface area contributed by atoms with Gasteiger partial charge in [0.2, 0.25) is 0 Å². The monoisotopic (exact) mass is 297 g/mol. The number of likely N-dealkylation sites (tertiary alicyclic amines) is 1. The highest BCUT2D eigenvalue weighted by molar-refractivity contribution is 7.14. The average Bonchev–Trinajstić information content (AvgIpc) is 2.81. The van der Waals surface area contributed by atoms with Gasteiger partial charge in [0.25, 0.3) is 11.6 Å². The van der Waals surface area contributed by atoms with Crippen molar-refractivity contribution >= 4 is 22.9 Å². The SMILES string of the molecule is CNCC1CCN(C(=O)c2cc([N+](=O)[O-])c(C)s2)CC1. The molecule has 0 radical (unpaired) electrons. The molecule has 1 amide bonds. The molecule has 2 rings (SSSR count). The molecule has 0 saturated carbocycles. The van der Waals surface area contributed by atoms with E-state index >= 15 is 0 Å². The van der Waals surface area contributed by atoms with Gasteiger partial charge < -0.3 is 10.2 Å². The van der Waals surface area contributed by atoms with Gasteiger partial charge in [0.15, 0.2) is 0 Å². The maximum absolute atomic E-state index is 12.4. The standard InChI is InChI=1S/C13H19N3O3S/c1-9-11(16(18)19)7-12(20-9)13(17)15-5-3-10(4-6-15)8-14-2/h7,10,14H,3-6,8H2,1-2H3. The molecular weight excluding hydrogens is 278 g/mol. The number of carbonyl (C=O) groups is 1. The molecule has 0 atom stereocenters. The van der Waals surface area contributed by atoms with E-state index in [0.717, 1.165) is 32.5 Å². The van der Waals surface area contributed by atoms with E-state index in [0.29, 0.717) is 15.7 Å². The minimum absolute atomic E-state index is 0.0448. The molecule has 110 valence electrons. The number of amides is 1. The first-order valence-electron chi connectivity index (χ1n) is 6.71.